The van der Waals surface area contributed by atoms with Crippen molar-refractivity contribution in [3.8, 4) is 5.75 Å². The van der Waals surface area contributed by atoms with Crippen molar-refractivity contribution >= 4 is 5.91 Å². The molecule has 1 amide bonds. The minimum absolute atomic E-state index is 0.129. The van der Waals surface area contributed by atoms with Gasteiger partial charge in [-0.1, -0.05) is 0 Å². The summed E-state index contributed by atoms with van der Waals surface area (Å²) < 4.78 is 31.2. The lowest BCUT2D eigenvalue weighted by Crippen LogP contribution is -2.46. The van der Waals surface area contributed by atoms with Crippen LogP contribution in [0.5, 0.6) is 5.75 Å². The molecule has 0 atom stereocenters. The first-order valence-electron chi connectivity index (χ1n) is 5.47. The molecule has 0 heterocycles. The molecule has 1 aromatic carbocycles. The zero-order chi connectivity index (χ0) is 12.5. The number of carbonyl (C=O) groups is 1. The molecule has 3 nitrogen and oxygen atoms in total. The van der Waals surface area contributed by atoms with Crippen molar-refractivity contribution in [1.29, 1.82) is 0 Å². The second-order valence-electron chi connectivity index (χ2n) is 4.24. The monoisotopic (exact) mass is 241 g/mol. The number of primary amides is 1. The van der Waals surface area contributed by atoms with E-state index in [1.165, 1.54) is 6.07 Å². The second kappa shape index (κ2) is 4.31. The largest absolute Gasteiger partial charge is 0.477 e. The highest BCUT2D eigenvalue weighted by Gasteiger charge is 2.42. The van der Waals surface area contributed by atoms with Gasteiger partial charge in [0.05, 0.1) is 0 Å². The molecule has 0 radical (unpaired) electrons. The number of carbonyl (C=O) groups excluding carboxylic acids is 1. The molecular weight excluding hydrogens is 228 g/mol. The van der Waals surface area contributed by atoms with Crippen LogP contribution in [0.3, 0.4) is 0 Å². The predicted molar refractivity (Wildman–Crippen MR) is 57.4 cm³/mol. The molecule has 1 aromatic rings. The summed E-state index contributed by atoms with van der Waals surface area (Å²) in [5.74, 6) is -2.37. The van der Waals surface area contributed by atoms with Crippen molar-refractivity contribution in [2.75, 3.05) is 0 Å². The molecule has 2 rings (SSSR count). The van der Waals surface area contributed by atoms with Gasteiger partial charge >= 0.3 is 0 Å². The van der Waals surface area contributed by atoms with Crippen molar-refractivity contribution in [2.24, 2.45) is 5.73 Å². The molecule has 0 spiro atoms. The highest BCUT2D eigenvalue weighted by molar-refractivity contribution is 5.84. The molecule has 92 valence electrons. The first-order chi connectivity index (χ1) is 8.03. The van der Waals surface area contributed by atoms with Crippen LogP contribution in [0.4, 0.5) is 8.78 Å². The molecular formula is C12H13F2NO2. The SMILES string of the molecule is NC(=O)C1(Oc2ccc(F)c(F)c2)CCCC1. The van der Waals surface area contributed by atoms with Crippen molar-refractivity contribution in [1.82, 2.24) is 0 Å². The summed E-state index contributed by atoms with van der Waals surface area (Å²) in [7, 11) is 0. The molecule has 2 N–H and O–H groups in total. The van der Waals surface area contributed by atoms with Crippen LogP contribution < -0.4 is 10.5 Å². The van der Waals surface area contributed by atoms with E-state index >= 15 is 0 Å². The third-order valence-electron chi connectivity index (χ3n) is 3.06. The van der Waals surface area contributed by atoms with Gasteiger partial charge in [0.1, 0.15) is 5.75 Å². The Morgan fingerprint density at radius 3 is 2.41 bits per heavy atom. The van der Waals surface area contributed by atoms with E-state index in [1.54, 1.807) is 0 Å². The maximum atomic E-state index is 13.0. The van der Waals surface area contributed by atoms with E-state index < -0.39 is 23.1 Å². The third-order valence-corrected chi connectivity index (χ3v) is 3.06. The lowest BCUT2D eigenvalue weighted by Gasteiger charge is -2.26. The summed E-state index contributed by atoms with van der Waals surface area (Å²) in [6.07, 6.45) is 2.71. The molecule has 1 aliphatic rings. The third kappa shape index (κ3) is 2.23. The lowest BCUT2D eigenvalue weighted by atomic mass is 10.0. The minimum Gasteiger partial charge on any atom is -0.477 e. The van der Waals surface area contributed by atoms with Crippen molar-refractivity contribution in [2.45, 2.75) is 31.3 Å². The van der Waals surface area contributed by atoms with E-state index in [9.17, 15) is 13.6 Å². The predicted octanol–water partition coefficient (Wildman–Crippen LogP) is 2.14. The quantitative estimate of drug-likeness (QED) is 0.881. The fourth-order valence-corrected chi connectivity index (χ4v) is 2.11. The van der Waals surface area contributed by atoms with E-state index in [-0.39, 0.29) is 5.75 Å². The van der Waals surface area contributed by atoms with Crippen LogP contribution in [0.25, 0.3) is 0 Å². The van der Waals surface area contributed by atoms with Crippen molar-refractivity contribution in [3.63, 3.8) is 0 Å². The molecule has 1 fully saturated rings. The topological polar surface area (TPSA) is 52.3 Å². The number of amides is 1. The Balaban J connectivity index is 2.23. The fraction of sp³-hybridized carbons (Fsp3) is 0.417. The Labute approximate surface area is 97.6 Å². The van der Waals surface area contributed by atoms with Gasteiger partial charge in [-0.3, -0.25) is 4.79 Å². The summed E-state index contributed by atoms with van der Waals surface area (Å²) in [4.78, 5) is 11.4. The molecule has 1 aliphatic carbocycles. The van der Waals surface area contributed by atoms with Crippen LogP contribution in [0.15, 0.2) is 18.2 Å². The molecule has 0 aromatic heterocycles. The van der Waals surface area contributed by atoms with Crippen molar-refractivity contribution in [3.05, 3.63) is 29.8 Å². The zero-order valence-corrected chi connectivity index (χ0v) is 9.21. The number of halogens is 2. The molecule has 1 saturated carbocycles. The Morgan fingerprint density at radius 1 is 1.24 bits per heavy atom. The van der Waals surface area contributed by atoms with Gasteiger partial charge in [-0.15, -0.1) is 0 Å². The highest BCUT2D eigenvalue weighted by Crippen LogP contribution is 2.34. The van der Waals surface area contributed by atoms with Gasteiger partial charge in [0.2, 0.25) is 0 Å². The van der Waals surface area contributed by atoms with Gasteiger partial charge in [-0.05, 0) is 37.8 Å². The smallest absolute Gasteiger partial charge is 0.261 e. The van der Waals surface area contributed by atoms with E-state index in [0.717, 1.165) is 25.0 Å². The van der Waals surface area contributed by atoms with E-state index in [2.05, 4.69) is 0 Å². The standard InChI is InChI=1S/C12H13F2NO2/c13-9-4-3-8(7-10(9)14)17-12(11(15)16)5-1-2-6-12/h3-4,7H,1-2,5-6H2,(H2,15,16). The Kier molecular flexibility index (Phi) is 3.00. The van der Waals surface area contributed by atoms with Gasteiger partial charge in [0.25, 0.3) is 5.91 Å². The average molecular weight is 241 g/mol. The maximum Gasteiger partial charge on any atom is 0.261 e. The van der Waals surface area contributed by atoms with Crippen molar-refractivity contribution < 1.29 is 18.3 Å². The second-order valence-corrected chi connectivity index (χ2v) is 4.24. The minimum atomic E-state index is -1.07. The molecule has 0 unspecified atom stereocenters. The van der Waals surface area contributed by atoms with Crippen LogP contribution in [-0.2, 0) is 4.79 Å². The summed E-state index contributed by atoms with van der Waals surface area (Å²) >= 11 is 0. The summed E-state index contributed by atoms with van der Waals surface area (Å²) in [6, 6.07) is 3.19. The van der Waals surface area contributed by atoms with E-state index in [4.69, 9.17) is 10.5 Å². The molecule has 17 heavy (non-hydrogen) atoms. The molecule has 0 saturated heterocycles. The van der Waals surface area contributed by atoms with Gasteiger partial charge in [0.15, 0.2) is 17.2 Å². The molecule has 0 bridgehead atoms. The van der Waals surface area contributed by atoms with Crippen LogP contribution >= 0.6 is 0 Å². The maximum absolute atomic E-state index is 13.0. The normalized spacial score (nSPS) is 18.0. The number of benzene rings is 1. The number of nitrogens with two attached hydrogens (primary N) is 1. The Hall–Kier alpha value is -1.65. The van der Waals surface area contributed by atoms with Crippen LogP contribution in [-0.4, -0.2) is 11.5 Å². The van der Waals surface area contributed by atoms with E-state index in [1.807, 2.05) is 0 Å². The van der Waals surface area contributed by atoms with Gasteiger partial charge in [0, 0.05) is 6.07 Å². The van der Waals surface area contributed by atoms with Gasteiger partial charge < -0.3 is 10.5 Å². The van der Waals surface area contributed by atoms with E-state index in [0.29, 0.717) is 12.8 Å². The van der Waals surface area contributed by atoms with Crippen LogP contribution in [0.1, 0.15) is 25.7 Å². The van der Waals surface area contributed by atoms with Crippen LogP contribution in [0.2, 0.25) is 0 Å². The number of ether oxygens (including phenoxy) is 1. The summed E-state index contributed by atoms with van der Waals surface area (Å²) in [5.41, 5.74) is 4.25. The Morgan fingerprint density at radius 2 is 1.88 bits per heavy atom. The number of hydrogen-bond acceptors (Lipinski definition) is 2. The summed E-state index contributed by atoms with van der Waals surface area (Å²) in [6.45, 7) is 0. The average Bonchev–Trinajstić information content (AvgIpc) is 2.73. The lowest BCUT2D eigenvalue weighted by molar-refractivity contribution is -0.133. The number of hydrogen-bond donors (Lipinski definition) is 1. The van der Waals surface area contributed by atoms with Gasteiger partial charge in [-0.2, -0.15) is 0 Å². The first-order valence-corrected chi connectivity index (χ1v) is 5.47. The Bertz CT molecular complexity index is 442. The highest BCUT2D eigenvalue weighted by atomic mass is 19.2. The summed E-state index contributed by atoms with van der Waals surface area (Å²) in [5, 5.41) is 0. The number of rotatable bonds is 3. The molecule has 5 heteroatoms. The fourth-order valence-electron chi connectivity index (χ4n) is 2.11. The first kappa shape index (κ1) is 11.8. The zero-order valence-electron chi connectivity index (χ0n) is 9.21. The molecule has 0 aliphatic heterocycles. The van der Waals surface area contributed by atoms with Crippen LogP contribution in [0, 0.1) is 11.6 Å². The van der Waals surface area contributed by atoms with Gasteiger partial charge in [-0.25, -0.2) is 8.78 Å².